The van der Waals surface area contributed by atoms with E-state index in [1.54, 1.807) is 35.7 Å². The van der Waals surface area contributed by atoms with E-state index in [4.69, 9.17) is 23.2 Å². The highest BCUT2D eigenvalue weighted by Gasteiger charge is 2.46. The lowest BCUT2D eigenvalue weighted by atomic mass is 9.95. The highest BCUT2D eigenvalue weighted by molar-refractivity contribution is 7.22. The van der Waals surface area contributed by atoms with Gasteiger partial charge in [0.25, 0.3) is 5.91 Å². The highest BCUT2D eigenvalue weighted by atomic mass is 35.5. The van der Waals surface area contributed by atoms with Gasteiger partial charge in [-0.2, -0.15) is 0 Å². The molecule has 9 heteroatoms. The number of anilines is 1. The van der Waals surface area contributed by atoms with Crippen molar-refractivity contribution in [1.29, 1.82) is 0 Å². The number of hydrogen-bond acceptors (Lipinski definition) is 6. The first-order chi connectivity index (χ1) is 15.3. The second kappa shape index (κ2) is 8.01. The number of hydrogen-bond donors (Lipinski definition) is 1. The SMILES string of the molecule is Cc1ccc2nc(N3C(=O)C(O)=C(C(=O)c4cccs4)[C@H]3c3ccc(Cl)c(Cl)c3)sc2c1. The third kappa shape index (κ3) is 3.42. The summed E-state index contributed by atoms with van der Waals surface area (Å²) < 4.78 is 0.901. The highest BCUT2D eigenvalue weighted by Crippen LogP contribution is 2.45. The predicted octanol–water partition coefficient (Wildman–Crippen LogP) is 6.76. The van der Waals surface area contributed by atoms with Crippen LogP contribution in [0.4, 0.5) is 5.13 Å². The number of amides is 1. The van der Waals surface area contributed by atoms with Gasteiger partial charge < -0.3 is 5.11 Å². The molecule has 1 aliphatic heterocycles. The Hall–Kier alpha value is -2.71. The molecule has 5 rings (SSSR count). The number of aromatic nitrogens is 1. The average Bonchev–Trinajstić information content (AvgIpc) is 3.48. The van der Waals surface area contributed by atoms with Gasteiger partial charge in [-0.1, -0.05) is 52.7 Å². The average molecular weight is 501 g/mol. The fraction of sp³-hybridized carbons (Fsp3) is 0.0870. The molecule has 0 aliphatic carbocycles. The maximum Gasteiger partial charge on any atom is 0.296 e. The normalized spacial score (nSPS) is 16.4. The number of thiazole rings is 1. The molecule has 0 saturated carbocycles. The Kier molecular flexibility index (Phi) is 5.29. The largest absolute Gasteiger partial charge is 0.503 e. The number of halogens is 2. The number of ketones is 1. The molecule has 32 heavy (non-hydrogen) atoms. The van der Waals surface area contributed by atoms with Gasteiger partial charge in [-0.25, -0.2) is 4.98 Å². The molecule has 2 aromatic carbocycles. The van der Waals surface area contributed by atoms with E-state index >= 15 is 0 Å². The molecule has 0 bridgehead atoms. The van der Waals surface area contributed by atoms with E-state index < -0.39 is 23.5 Å². The lowest BCUT2D eigenvalue weighted by Gasteiger charge is -2.24. The molecule has 1 atom stereocenters. The van der Waals surface area contributed by atoms with E-state index in [1.165, 1.54) is 27.6 Å². The first kappa shape index (κ1) is 21.2. The molecular weight excluding hydrogens is 487 g/mol. The molecule has 0 fully saturated rings. The molecule has 3 heterocycles. The molecule has 0 saturated heterocycles. The van der Waals surface area contributed by atoms with E-state index in [1.807, 2.05) is 25.1 Å². The molecule has 0 unspecified atom stereocenters. The van der Waals surface area contributed by atoms with Gasteiger partial charge in [-0.15, -0.1) is 11.3 Å². The number of rotatable bonds is 4. The summed E-state index contributed by atoms with van der Waals surface area (Å²) in [6.45, 7) is 1.98. The van der Waals surface area contributed by atoms with Crippen molar-refractivity contribution in [1.82, 2.24) is 4.98 Å². The van der Waals surface area contributed by atoms with Crippen molar-refractivity contribution in [2.24, 2.45) is 0 Å². The first-order valence-corrected chi connectivity index (χ1v) is 12.0. The van der Waals surface area contributed by atoms with E-state index in [-0.39, 0.29) is 10.6 Å². The standard InChI is InChI=1S/C23H14Cl2N2O3S2/c1-11-4-7-15-17(9-11)32-23(26-15)27-19(12-5-6-13(24)14(25)10-12)18(21(29)22(27)30)20(28)16-3-2-8-31-16/h2-10,19,29H,1H3/t19-/m1/s1. The van der Waals surface area contributed by atoms with Crippen molar-refractivity contribution in [3.63, 3.8) is 0 Å². The number of aliphatic hydroxyl groups is 1. The van der Waals surface area contributed by atoms with Crippen LogP contribution in [0.2, 0.25) is 10.0 Å². The number of aryl methyl sites for hydroxylation is 1. The van der Waals surface area contributed by atoms with Crippen LogP contribution >= 0.6 is 45.9 Å². The molecular formula is C23H14Cl2N2O3S2. The fourth-order valence-corrected chi connectivity index (χ4v) is 5.77. The van der Waals surface area contributed by atoms with Crippen LogP contribution in [0.1, 0.15) is 26.8 Å². The molecule has 160 valence electrons. The molecule has 0 spiro atoms. The van der Waals surface area contributed by atoms with Gasteiger partial charge in [0.2, 0.25) is 5.78 Å². The topological polar surface area (TPSA) is 70.5 Å². The van der Waals surface area contributed by atoms with E-state index in [0.29, 0.717) is 20.6 Å². The van der Waals surface area contributed by atoms with Crippen LogP contribution in [0.15, 0.2) is 65.2 Å². The Labute approximate surface area is 201 Å². The van der Waals surface area contributed by atoms with Gasteiger partial charge in [0.05, 0.1) is 36.8 Å². The van der Waals surface area contributed by atoms with Crippen LogP contribution in [0.3, 0.4) is 0 Å². The number of aliphatic hydroxyl groups excluding tert-OH is 1. The quantitative estimate of drug-likeness (QED) is 0.314. The van der Waals surface area contributed by atoms with Crippen molar-refractivity contribution in [2.45, 2.75) is 13.0 Å². The summed E-state index contributed by atoms with van der Waals surface area (Å²) in [5, 5.41) is 13.6. The van der Waals surface area contributed by atoms with Crippen LogP contribution in [-0.4, -0.2) is 21.8 Å². The van der Waals surface area contributed by atoms with Gasteiger partial charge in [-0.3, -0.25) is 14.5 Å². The zero-order valence-electron chi connectivity index (χ0n) is 16.5. The monoisotopic (exact) mass is 500 g/mol. The molecule has 0 radical (unpaired) electrons. The van der Waals surface area contributed by atoms with Crippen molar-refractivity contribution >= 4 is 72.9 Å². The number of carbonyl (C=O) groups is 2. The second-order valence-electron chi connectivity index (χ2n) is 7.29. The molecule has 1 aliphatic rings. The van der Waals surface area contributed by atoms with Crippen LogP contribution < -0.4 is 4.90 Å². The second-order valence-corrected chi connectivity index (χ2v) is 10.1. The third-order valence-corrected chi connectivity index (χ3v) is 7.82. The number of Topliss-reactive ketones (excluding diaryl/α,β-unsaturated/α-hetero) is 1. The summed E-state index contributed by atoms with van der Waals surface area (Å²) in [6, 6.07) is 13.2. The minimum atomic E-state index is -0.895. The lowest BCUT2D eigenvalue weighted by molar-refractivity contribution is -0.117. The van der Waals surface area contributed by atoms with Crippen molar-refractivity contribution < 1.29 is 14.7 Å². The first-order valence-electron chi connectivity index (χ1n) is 9.52. The third-order valence-electron chi connectivity index (χ3n) is 5.20. The van der Waals surface area contributed by atoms with Gasteiger partial charge in [0.15, 0.2) is 10.9 Å². The Morgan fingerprint density at radius 1 is 1.12 bits per heavy atom. The molecule has 5 nitrogen and oxygen atoms in total. The van der Waals surface area contributed by atoms with E-state index in [0.717, 1.165) is 15.8 Å². The summed E-state index contributed by atoms with van der Waals surface area (Å²) in [6.07, 6.45) is 0. The van der Waals surface area contributed by atoms with Crippen molar-refractivity contribution in [3.8, 4) is 0 Å². The fourth-order valence-electron chi connectivity index (χ4n) is 3.70. The van der Waals surface area contributed by atoms with Crippen LogP contribution in [0.5, 0.6) is 0 Å². The summed E-state index contributed by atoms with van der Waals surface area (Å²) >= 11 is 14.9. The molecule has 4 aromatic rings. The lowest BCUT2D eigenvalue weighted by Crippen LogP contribution is -2.30. The predicted molar refractivity (Wildman–Crippen MR) is 129 cm³/mol. The number of fused-ring (bicyclic) bond motifs is 1. The van der Waals surface area contributed by atoms with Crippen LogP contribution in [0.25, 0.3) is 10.2 Å². The van der Waals surface area contributed by atoms with E-state index in [9.17, 15) is 14.7 Å². The maximum absolute atomic E-state index is 13.3. The zero-order valence-corrected chi connectivity index (χ0v) is 19.6. The summed E-state index contributed by atoms with van der Waals surface area (Å²) in [5.41, 5.74) is 2.34. The minimum Gasteiger partial charge on any atom is -0.503 e. The Bertz CT molecular complexity index is 1430. The zero-order chi connectivity index (χ0) is 22.6. The Morgan fingerprint density at radius 3 is 2.66 bits per heavy atom. The molecule has 1 amide bonds. The summed E-state index contributed by atoms with van der Waals surface area (Å²) in [4.78, 5) is 33.0. The maximum atomic E-state index is 13.3. The molecule has 1 N–H and O–H groups in total. The van der Waals surface area contributed by atoms with Gasteiger partial charge in [0, 0.05) is 0 Å². The van der Waals surface area contributed by atoms with Crippen molar-refractivity contribution in [3.05, 3.63) is 91.3 Å². The summed E-state index contributed by atoms with van der Waals surface area (Å²) in [5.74, 6) is -1.69. The smallest absolute Gasteiger partial charge is 0.296 e. The number of benzene rings is 2. The summed E-state index contributed by atoms with van der Waals surface area (Å²) in [7, 11) is 0. The van der Waals surface area contributed by atoms with Gasteiger partial charge in [-0.05, 0) is 53.8 Å². The Morgan fingerprint density at radius 2 is 1.94 bits per heavy atom. The van der Waals surface area contributed by atoms with Gasteiger partial charge in [0.1, 0.15) is 0 Å². The molecule has 2 aromatic heterocycles. The van der Waals surface area contributed by atoms with Gasteiger partial charge >= 0.3 is 0 Å². The number of carbonyl (C=O) groups excluding carboxylic acids is 2. The van der Waals surface area contributed by atoms with Crippen LogP contribution in [-0.2, 0) is 4.79 Å². The van der Waals surface area contributed by atoms with Crippen molar-refractivity contribution in [2.75, 3.05) is 4.90 Å². The number of thiophene rings is 1. The van der Waals surface area contributed by atoms with Crippen LogP contribution in [0, 0.1) is 6.92 Å². The van der Waals surface area contributed by atoms with E-state index in [2.05, 4.69) is 4.98 Å². The Balaban J connectivity index is 1.70. The number of nitrogens with zero attached hydrogens (tertiary/aromatic N) is 2. The minimum absolute atomic E-state index is 0.00808.